The average Bonchev–Trinajstić information content (AvgIpc) is 2.72. The number of esters is 1. The third-order valence-corrected chi connectivity index (χ3v) is 7.09. The van der Waals surface area contributed by atoms with E-state index >= 15 is 0 Å². The first-order valence-electron chi connectivity index (χ1n) is 11.1. The second-order valence-corrected chi connectivity index (χ2v) is 9.58. The van der Waals surface area contributed by atoms with E-state index in [1.54, 1.807) is 31.2 Å². The van der Waals surface area contributed by atoms with Crippen molar-refractivity contribution in [2.45, 2.75) is 57.9 Å². The van der Waals surface area contributed by atoms with Gasteiger partial charge in [0.25, 0.3) is 5.91 Å². The molecule has 164 valence electrons. The summed E-state index contributed by atoms with van der Waals surface area (Å²) in [5.41, 5.74) is 1.10. The van der Waals surface area contributed by atoms with E-state index < -0.39 is 24.5 Å². The van der Waals surface area contributed by atoms with Gasteiger partial charge in [-0.25, -0.2) is 4.79 Å². The maximum atomic E-state index is 13.0. The maximum Gasteiger partial charge on any atom is 0.328 e. The highest BCUT2D eigenvalue weighted by Gasteiger charge is 2.54. The number of anilines is 1. The van der Waals surface area contributed by atoms with E-state index in [0.29, 0.717) is 29.9 Å². The normalized spacial score (nSPS) is 29.0. The number of rotatable bonds is 7. The van der Waals surface area contributed by atoms with E-state index in [0.717, 1.165) is 24.8 Å². The van der Waals surface area contributed by atoms with Crippen molar-refractivity contribution in [1.82, 2.24) is 5.32 Å². The molecule has 0 spiro atoms. The number of hydrogen-bond acceptors (Lipinski definition) is 5. The summed E-state index contributed by atoms with van der Waals surface area (Å²) in [5.74, 6) is 0.849. The minimum atomic E-state index is -0.793. The van der Waals surface area contributed by atoms with Crippen LogP contribution < -0.4 is 10.6 Å². The Morgan fingerprint density at radius 2 is 1.68 bits per heavy atom. The number of nitrogens with zero attached hydrogens (tertiary/aromatic N) is 1. The fourth-order valence-electron chi connectivity index (χ4n) is 6.05. The molecule has 1 aromatic carbocycles. The second-order valence-electron chi connectivity index (χ2n) is 9.58. The van der Waals surface area contributed by atoms with Gasteiger partial charge in [-0.2, -0.15) is 5.26 Å². The van der Waals surface area contributed by atoms with Crippen molar-refractivity contribution in [3.8, 4) is 6.07 Å². The topological polar surface area (TPSA) is 108 Å². The highest BCUT2D eigenvalue weighted by Crippen LogP contribution is 2.60. The fraction of sp³-hybridized carbons (Fsp3) is 0.583. The molecule has 5 rings (SSSR count). The zero-order chi connectivity index (χ0) is 22.0. The SMILES string of the molecule is C[C@H](NC(=O)C12CC3CC(CC(C3)C1)C2)C(=O)OCC(=O)Nc1ccc(CC#N)cc1. The number of carbonyl (C=O) groups excluding carboxylic acids is 3. The summed E-state index contributed by atoms with van der Waals surface area (Å²) in [6, 6.07) is 8.17. The van der Waals surface area contributed by atoms with Crippen molar-refractivity contribution >= 4 is 23.5 Å². The Morgan fingerprint density at radius 1 is 1.10 bits per heavy atom. The van der Waals surface area contributed by atoms with Crippen LogP contribution in [-0.2, 0) is 25.5 Å². The van der Waals surface area contributed by atoms with Gasteiger partial charge in [-0.1, -0.05) is 12.1 Å². The summed E-state index contributed by atoms with van der Waals surface area (Å²) >= 11 is 0. The van der Waals surface area contributed by atoms with Crippen LogP contribution in [0.2, 0.25) is 0 Å². The first-order chi connectivity index (χ1) is 14.9. The number of carbonyl (C=O) groups is 3. The van der Waals surface area contributed by atoms with Crippen molar-refractivity contribution in [1.29, 1.82) is 5.26 Å². The summed E-state index contributed by atoms with van der Waals surface area (Å²) in [6.07, 6.45) is 6.85. The highest BCUT2D eigenvalue weighted by molar-refractivity contribution is 5.93. The fourth-order valence-corrected chi connectivity index (χ4v) is 6.05. The smallest absolute Gasteiger partial charge is 0.328 e. The Labute approximate surface area is 182 Å². The molecule has 4 fully saturated rings. The summed E-state index contributed by atoms with van der Waals surface area (Å²) in [4.78, 5) is 37.5. The number of hydrogen-bond donors (Lipinski definition) is 2. The van der Waals surface area contributed by atoms with Crippen LogP contribution in [0.25, 0.3) is 0 Å². The van der Waals surface area contributed by atoms with Crippen molar-refractivity contribution < 1.29 is 19.1 Å². The zero-order valence-electron chi connectivity index (χ0n) is 17.9. The van der Waals surface area contributed by atoms with Crippen LogP contribution in [-0.4, -0.2) is 30.4 Å². The lowest BCUT2D eigenvalue weighted by Gasteiger charge is -2.55. The minimum absolute atomic E-state index is 0.0297. The molecular formula is C24H29N3O4. The Hall–Kier alpha value is -2.88. The zero-order valence-corrected chi connectivity index (χ0v) is 17.9. The van der Waals surface area contributed by atoms with Gasteiger partial charge in [-0.05, 0) is 80.9 Å². The lowest BCUT2D eigenvalue weighted by Crippen LogP contribution is -2.56. The van der Waals surface area contributed by atoms with Gasteiger partial charge in [0.15, 0.2) is 6.61 Å². The molecule has 4 bridgehead atoms. The lowest BCUT2D eigenvalue weighted by atomic mass is 9.49. The summed E-state index contributed by atoms with van der Waals surface area (Å²) < 4.78 is 5.11. The molecule has 4 aliphatic rings. The van der Waals surface area contributed by atoms with Crippen molar-refractivity contribution in [3.63, 3.8) is 0 Å². The summed E-state index contributed by atoms with van der Waals surface area (Å²) in [5, 5.41) is 14.2. The molecule has 7 heteroatoms. The quantitative estimate of drug-likeness (QED) is 0.656. The van der Waals surface area contributed by atoms with E-state index in [1.165, 1.54) is 19.3 Å². The molecule has 0 heterocycles. The predicted molar refractivity (Wildman–Crippen MR) is 114 cm³/mol. The van der Waals surface area contributed by atoms with Crippen LogP contribution in [0.15, 0.2) is 24.3 Å². The van der Waals surface area contributed by atoms with Gasteiger partial charge in [0.1, 0.15) is 6.04 Å². The van der Waals surface area contributed by atoms with E-state index in [2.05, 4.69) is 16.7 Å². The molecule has 0 saturated heterocycles. The van der Waals surface area contributed by atoms with Crippen molar-refractivity contribution in [2.75, 3.05) is 11.9 Å². The van der Waals surface area contributed by atoms with Gasteiger partial charge in [0.05, 0.1) is 12.5 Å². The van der Waals surface area contributed by atoms with Crippen LogP contribution in [0, 0.1) is 34.5 Å². The molecule has 0 radical (unpaired) electrons. The lowest BCUT2D eigenvalue weighted by molar-refractivity contribution is -0.154. The first kappa shape index (κ1) is 21.4. The van der Waals surface area contributed by atoms with Gasteiger partial charge in [-0.3, -0.25) is 9.59 Å². The molecular weight excluding hydrogens is 394 g/mol. The molecule has 2 amide bonds. The monoisotopic (exact) mass is 423 g/mol. The standard InChI is InChI=1S/C24H29N3O4/c1-15(26-23(30)24-11-17-8-18(12-24)10-19(9-17)13-24)22(29)31-14-21(28)27-20-4-2-16(3-5-20)6-7-25/h2-5,15,17-19H,6,8-14H2,1H3,(H,26,30)(H,27,28)/t15-,17?,18?,19?,24?/m0/s1. The van der Waals surface area contributed by atoms with Gasteiger partial charge in [0.2, 0.25) is 5.91 Å². The predicted octanol–water partition coefficient (Wildman–Crippen LogP) is 2.96. The number of nitriles is 1. The highest BCUT2D eigenvalue weighted by atomic mass is 16.5. The molecule has 4 aliphatic carbocycles. The third-order valence-electron chi connectivity index (χ3n) is 7.09. The molecule has 7 nitrogen and oxygen atoms in total. The van der Waals surface area contributed by atoms with Crippen LogP contribution in [0.4, 0.5) is 5.69 Å². The van der Waals surface area contributed by atoms with Gasteiger partial charge in [0, 0.05) is 11.1 Å². The van der Waals surface area contributed by atoms with Crippen LogP contribution in [0.1, 0.15) is 51.0 Å². The van der Waals surface area contributed by atoms with Crippen molar-refractivity contribution in [2.24, 2.45) is 23.2 Å². The van der Waals surface area contributed by atoms with E-state index in [4.69, 9.17) is 10.00 Å². The molecule has 0 aliphatic heterocycles. The maximum absolute atomic E-state index is 13.0. The molecule has 31 heavy (non-hydrogen) atoms. The number of ether oxygens (including phenoxy) is 1. The number of amides is 2. The molecule has 1 atom stereocenters. The Bertz CT molecular complexity index is 867. The number of nitrogens with one attached hydrogen (secondary N) is 2. The minimum Gasteiger partial charge on any atom is -0.454 e. The third kappa shape index (κ3) is 4.73. The summed E-state index contributed by atoms with van der Waals surface area (Å²) in [6.45, 7) is 1.18. The van der Waals surface area contributed by atoms with E-state index in [1.807, 2.05) is 0 Å². The van der Waals surface area contributed by atoms with Gasteiger partial charge in [-0.15, -0.1) is 0 Å². The largest absolute Gasteiger partial charge is 0.454 e. The first-order valence-corrected chi connectivity index (χ1v) is 11.1. The Morgan fingerprint density at radius 3 is 2.23 bits per heavy atom. The van der Waals surface area contributed by atoms with Crippen LogP contribution in [0.3, 0.4) is 0 Å². The average molecular weight is 424 g/mol. The molecule has 2 N–H and O–H groups in total. The molecule has 1 aromatic rings. The Kier molecular flexibility index (Phi) is 5.99. The van der Waals surface area contributed by atoms with Crippen LogP contribution >= 0.6 is 0 Å². The van der Waals surface area contributed by atoms with Gasteiger partial charge >= 0.3 is 5.97 Å². The molecule has 0 unspecified atom stereocenters. The van der Waals surface area contributed by atoms with Crippen LogP contribution in [0.5, 0.6) is 0 Å². The summed E-state index contributed by atoms with van der Waals surface area (Å²) in [7, 11) is 0. The molecule has 4 saturated carbocycles. The second kappa shape index (κ2) is 8.70. The van der Waals surface area contributed by atoms with Gasteiger partial charge < -0.3 is 15.4 Å². The van der Waals surface area contributed by atoms with Crippen molar-refractivity contribution in [3.05, 3.63) is 29.8 Å². The number of benzene rings is 1. The molecule has 0 aromatic heterocycles. The Balaban J connectivity index is 1.24. The van der Waals surface area contributed by atoms with E-state index in [9.17, 15) is 14.4 Å². The van der Waals surface area contributed by atoms with E-state index in [-0.39, 0.29) is 11.3 Å².